The molecule has 0 aliphatic carbocycles. The fourth-order valence-electron chi connectivity index (χ4n) is 1.50. The maximum atomic E-state index is 5.81. The first kappa shape index (κ1) is 11.2. The van der Waals surface area contributed by atoms with Gasteiger partial charge in [0.15, 0.2) is 0 Å². The second kappa shape index (κ2) is 5.14. The highest BCUT2D eigenvalue weighted by Gasteiger charge is 1.97. The van der Waals surface area contributed by atoms with E-state index in [0.717, 1.165) is 29.5 Å². The molecule has 0 saturated carbocycles. The van der Waals surface area contributed by atoms with Crippen LogP contribution in [0.15, 0.2) is 30.3 Å². The minimum absolute atomic E-state index is 0.770. The number of rotatable bonds is 4. The van der Waals surface area contributed by atoms with Crippen molar-refractivity contribution in [2.24, 2.45) is 0 Å². The molecule has 4 heteroatoms. The highest BCUT2D eigenvalue weighted by molar-refractivity contribution is 6.30. The molecule has 0 amide bonds. The lowest BCUT2D eigenvalue weighted by Gasteiger charge is -2.02. The van der Waals surface area contributed by atoms with Crippen molar-refractivity contribution in [3.8, 4) is 0 Å². The summed E-state index contributed by atoms with van der Waals surface area (Å²) in [5.41, 5.74) is 3.34. The molecule has 0 spiro atoms. The van der Waals surface area contributed by atoms with Crippen molar-refractivity contribution in [2.45, 2.75) is 20.0 Å². The Kier molecular flexibility index (Phi) is 3.59. The van der Waals surface area contributed by atoms with Crippen molar-refractivity contribution < 1.29 is 0 Å². The monoisotopic (exact) mass is 235 g/mol. The lowest BCUT2D eigenvalue weighted by atomic mass is 10.2. The molecule has 0 bridgehead atoms. The van der Waals surface area contributed by atoms with Crippen LogP contribution in [0.4, 0.5) is 0 Å². The molecule has 1 aromatic heterocycles. The van der Waals surface area contributed by atoms with Crippen molar-refractivity contribution in [1.29, 1.82) is 0 Å². The lowest BCUT2D eigenvalue weighted by Crippen LogP contribution is -2.12. The molecule has 2 aromatic rings. The average Bonchev–Trinajstić information content (AvgIpc) is 2.67. The van der Waals surface area contributed by atoms with Gasteiger partial charge in [0.1, 0.15) is 0 Å². The summed E-state index contributed by atoms with van der Waals surface area (Å²) in [5.74, 6) is 0. The van der Waals surface area contributed by atoms with Crippen LogP contribution >= 0.6 is 11.6 Å². The van der Waals surface area contributed by atoms with Crippen LogP contribution in [0.25, 0.3) is 0 Å². The van der Waals surface area contributed by atoms with Gasteiger partial charge in [-0.3, -0.25) is 5.10 Å². The summed E-state index contributed by atoms with van der Waals surface area (Å²) >= 11 is 5.81. The van der Waals surface area contributed by atoms with Crippen LogP contribution in [-0.4, -0.2) is 10.2 Å². The number of aryl methyl sites for hydroxylation is 1. The Balaban J connectivity index is 1.82. The molecule has 1 heterocycles. The Bertz CT molecular complexity index is 448. The van der Waals surface area contributed by atoms with Crippen LogP contribution in [0.2, 0.25) is 5.02 Å². The highest BCUT2D eigenvalue weighted by Crippen LogP contribution is 2.09. The molecule has 1 aromatic carbocycles. The Labute approximate surface area is 99.8 Å². The van der Waals surface area contributed by atoms with E-state index in [-0.39, 0.29) is 0 Å². The van der Waals surface area contributed by atoms with Crippen molar-refractivity contribution >= 4 is 11.6 Å². The second-order valence-electron chi connectivity index (χ2n) is 3.77. The Hall–Kier alpha value is -1.32. The summed E-state index contributed by atoms with van der Waals surface area (Å²) < 4.78 is 0. The van der Waals surface area contributed by atoms with Crippen molar-refractivity contribution in [1.82, 2.24) is 15.5 Å². The molecule has 0 aliphatic heterocycles. The van der Waals surface area contributed by atoms with E-state index in [1.54, 1.807) is 0 Å². The predicted molar refractivity (Wildman–Crippen MR) is 65.3 cm³/mol. The second-order valence-corrected chi connectivity index (χ2v) is 4.21. The largest absolute Gasteiger partial charge is 0.307 e. The number of aromatic nitrogens is 2. The Morgan fingerprint density at radius 1 is 1.25 bits per heavy atom. The number of halogens is 1. The van der Waals surface area contributed by atoms with E-state index in [1.807, 2.05) is 37.3 Å². The third-order valence-electron chi connectivity index (χ3n) is 2.31. The van der Waals surface area contributed by atoms with Gasteiger partial charge in [-0.25, -0.2) is 0 Å². The minimum Gasteiger partial charge on any atom is -0.307 e. The van der Waals surface area contributed by atoms with Gasteiger partial charge in [-0.15, -0.1) is 0 Å². The lowest BCUT2D eigenvalue weighted by molar-refractivity contribution is 0.677. The zero-order valence-electron chi connectivity index (χ0n) is 9.13. The Morgan fingerprint density at radius 2 is 2.00 bits per heavy atom. The summed E-state index contributed by atoms with van der Waals surface area (Å²) in [5, 5.41) is 11.2. The van der Waals surface area contributed by atoms with E-state index in [1.165, 1.54) is 5.56 Å². The maximum Gasteiger partial charge on any atom is 0.0762 e. The van der Waals surface area contributed by atoms with Gasteiger partial charge in [-0.1, -0.05) is 23.7 Å². The van der Waals surface area contributed by atoms with Gasteiger partial charge in [0.05, 0.1) is 5.69 Å². The van der Waals surface area contributed by atoms with Crippen LogP contribution < -0.4 is 5.32 Å². The molecule has 16 heavy (non-hydrogen) atoms. The predicted octanol–water partition coefficient (Wildman–Crippen LogP) is 2.66. The smallest absolute Gasteiger partial charge is 0.0762 e. The van der Waals surface area contributed by atoms with Gasteiger partial charge >= 0.3 is 0 Å². The van der Waals surface area contributed by atoms with Crippen LogP contribution in [0, 0.1) is 6.92 Å². The van der Waals surface area contributed by atoms with E-state index >= 15 is 0 Å². The number of hydrogen-bond donors (Lipinski definition) is 2. The molecule has 0 unspecified atom stereocenters. The fraction of sp³-hybridized carbons (Fsp3) is 0.250. The number of hydrogen-bond acceptors (Lipinski definition) is 2. The number of benzene rings is 1. The van der Waals surface area contributed by atoms with Gasteiger partial charge < -0.3 is 5.32 Å². The Morgan fingerprint density at radius 3 is 2.62 bits per heavy atom. The maximum absolute atomic E-state index is 5.81. The van der Waals surface area contributed by atoms with Crippen LogP contribution in [0.5, 0.6) is 0 Å². The summed E-state index contributed by atoms with van der Waals surface area (Å²) in [7, 11) is 0. The van der Waals surface area contributed by atoms with Crippen molar-refractivity contribution in [3.63, 3.8) is 0 Å². The zero-order valence-corrected chi connectivity index (χ0v) is 9.88. The van der Waals surface area contributed by atoms with Gasteiger partial charge in [0.25, 0.3) is 0 Å². The molecule has 0 radical (unpaired) electrons. The summed E-state index contributed by atoms with van der Waals surface area (Å²) in [6.07, 6.45) is 0. The molecule has 3 nitrogen and oxygen atoms in total. The van der Waals surface area contributed by atoms with Gasteiger partial charge in [0, 0.05) is 23.8 Å². The summed E-state index contributed by atoms with van der Waals surface area (Å²) in [6, 6.07) is 9.87. The van der Waals surface area contributed by atoms with E-state index in [2.05, 4.69) is 15.5 Å². The molecule has 84 valence electrons. The van der Waals surface area contributed by atoms with E-state index in [9.17, 15) is 0 Å². The third kappa shape index (κ3) is 3.08. The molecule has 2 N–H and O–H groups in total. The normalized spacial score (nSPS) is 10.6. The summed E-state index contributed by atoms with van der Waals surface area (Å²) in [6.45, 7) is 3.59. The number of aromatic amines is 1. The SMILES string of the molecule is Cc1cc(CNCc2ccc(Cl)cc2)n[nH]1. The zero-order chi connectivity index (χ0) is 11.4. The first-order valence-corrected chi connectivity index (χ1v) is 5.58. The molecule has 0 atom stereocenters. The first-order valence-electron chi connectivity index (χ1n) is 5.20. The molecular formula is C12H14ClN3. The van der Waals surface area contributed by atoms with E-state index in [0.29, 0.717) is 0 Å². The molecule has 2 rings (SSSR count). The van der Waals surface area contributed by atoms with Crippen molar-refractivity contribution in [2.75, 3.05) is 0 Å². The standard InChI is InChI=1S/C12H14ClN3/c1-9-6-12(16-15-9)8-14-7-10-2-4-11(13)5-3-10/h2-6,14H,7-8H2,1H3,(H,15,16). The average molecular weight is 236 g/mol. The minimum atomic E-state index is 0.770. The molecular weight excluding hydrogens is 222 g/mol. The molecule has 0 aliphatic rings. The fourth-order valence-corrected chi connectivity index (χ4v) is 1.63. The van der Waals surface area contributed by atoms with Crippen molar-refractivity contribution in [3.05, 3.63) is 52.3 Å². The molecule has 0 saturated heterocycles. The first-order chi connectivity index (χ1) is 7.74. The topological polar surface area (TPSA) is 40.7 Å². The van der Waals surface area contributed by atoms with Crippen LogP contribution in [-0.2, 0) is 13.1 Å². The van der Waals surface area contributed by atoms with Gasteiger partial charge in [-0.2, -0.15) is 5.10 Å². The number of H-pyrrole nitrogens is 1. The van der Waals surface area contributed by atoms with Crippen LogP contribution in [0.3, 0.4) is 0 Å². The van der Waals surface area contributed by atoms with Crippen LogP contribution in [0.1, 0.15) is 17.0 Å². The molecule has 0 fully saturated rings. The number of nitrogens with one attached hydrogen (secondary N) is 2. The summed E-state index contributed by atoms with van der Waals surface area (Å²) in [4.78, 5) is 0. The van der Waals surface area contributed by atoms with E-state index < -0.39 is 0 Å². The van der Waals surface area contributed by atoms with Gasteiger partial charge in [0.2, 0.25) is 0 Å². The van der Waals surface area contributed by atoms with Gasteiger partial charge in [-0.05, 0) is 30.7 Å². The third-order valence-corrected chi connectivity index (χ3v) is 2.56. The highest BCUT2D eigenvalue weighted by atomic mass is 35.5. The van der Waals surface area contributed by atoms with E-state index in [4.69, 9.17) is 11.6 Å². The number of nitrogens with zero attached hydrogens (tertiary/aromatic N) is 1. The quantitative estimate of drug-likeness (QED) is 0.856.